The predicted molar refractivity (Wildman–Crippen MR) is 82.1 cm³/mol. The summed E-state index contributed by atoms with van der Waals surface area (Å²) < 4.78 is 0. The summed E-state index contributed by atoms with van der Waals surface area (Å²) in [5.74, 6) is -2.12. The number of fused-ring (bicyclic) bond motifs is 1. The summed E-state index contributed by atoms with van der Waals surface area (Å²) in [6.07, 6.45) is 0. The Morgan fingerprint density at radius 1 is 0.960 bits per heavy atom. The monoisotopic (exact) mass is 343 g/mol. The van der Waals surface area contributed by atoms with E-state index in [-0.39, 0.29) is 16.7 Å². The van der Waals surface area contributed by atoms with Crippen molar-refractivity contribution in [2.75, 3.05) is 0 Å². The first-order valence-corrected chi connectivity index (χ1v) is 6.91. The van der Waals surface area contributed by atoms with Crippen molar-refractivity contribution in [3.8, 4) is 5.75 Å². The highest BCUT2D eigenvalue weighted by atomic mass is 16.6. The van der Waals surface area contributed by atoms with Crippen molar-refractivity contribution in [2.45, 2.75) is 6.54 Å². The summed E-state index contributed by atoms with van der Waals surface area (Å²) >= 11 is 0. The number of nitro groups is 2. The van der Waals surface area contributed by atoms with E-state index in [1.165, 1.54) is 12.1 Å². The van der Waals surface area contributed by atoms with Crippen LogP contribution in [0.2, 0.25) is 0 Å². The Balaban J connectivity index is 2.04. The summed E-state index contributed by atoms with van der Waals surface area (Å²) in [6, 6.07) is 7.55. The van der Waals surface area contributed by atoms with E-state index in [4.69, 9.17) is 0 Å². The van der Waals surface area contributed by atoms with Crippen LogP contribution < -0.4 is 0 Å². The maximum absolute atomic E-state index is 12.3. The molecule has 126 valence electrons. The molecule has 3 rings (SSSR count). The van der Waals surface area contributed by atoms with Crippen molar-refractivity contribution in [1.82, 2.24) is 4.90 Å². The molecule has 10 heteroatoms. The molecule has 0 unspecified atom stereocenters. The molecule has 2 amide bonds. The number of nitrogens with zero attached hydrogens (tertiary/aromatic N) is 3. The van der Waals surface area contributed by atoms with Gasteiger partial charge in [-0.15, -0.1) is 0 Å². The minimum Gasteiger partial charge on any atom is -0.502 e. The van der Waals surface area contributed by atoms with Gasteiger partial charge in [0.05, 0.1) is 33.6 Å². The van der Waals surface area contributed by atoms with Crippen LogP contribution in [-0.2, 0) is 6.54 Å². The van der Waals surface area contributed by atoms with Crippen molar-refractivity contribution in [3.05, 3.63) is 73.3 Å². The van der Waals surface area contributed by atoms with Crippen molar-refractivity contribution in [2.24, 2.45) is 0 Å². The summed E-state index contributed by atoms with van der Waals surface area (Å²) in [6.45, 7) is -0.527. The number of carbonyl (C=O) groups excluding carboxylic acids is 2. The second-order valence-electron chi connectivity index (χ2n) is 5.23. The van der Waals surface area contributed by atoms with E-state index in [1.54, 1.807) is 12.1 Å². The third-order valence-electron chi connectivity index (χ3n) is 3.77. The highest BCUT2D eigenvalue weighted by molar-refractivity contribution is 6.21. The molecule has 10 nitrogen and oxygen atoms in total. The van der Waals surface area contributed by atoms with Gasteiger partial charge in [0.25, 0.3) is 17.5 Å². The van der Waals surface area contributed by atoms with Crippen LogP contribution in [0.3, 0.4) is 0 Å². The molecule has 1 aliphatic heterocycles. The van der Waals surface area contributed by atoms with Crippen LogP contribution in [0.25, 0.3) is 0 Å². The zero-order chi connectivity index (χ0) is 18.3. The number of phenolic OH excluding ortho intramolecular Hbond substituents is 1. The van der Waals surface area contributed by atoms with Gasteiger partial charge in [-0.2, -0.15) is 0 Å². The van der Waals surface area contributed by atoms with Gasteiger partial charge in [-0.3, -0.25) is 34.7 Å². The van der Waals surface area contributed by atoms with E-state index in [2.05, 4.69) is 0 Å². The summed E-state index contributed by atoms with van der Waals surface area (Å²) in [5.41, 5.74) is -1.45. The Labute approximate surface area is 139 Å². The Morgan fingerprint density at radius 3 is 2.00 bits per heavy atom. The maximum Gasteiger partial charge on any atom is 0.317 e. The van der Waals surface area contributed by atoms with Gasteiger partial charge >= 0.3 is 5.69 Å². The number of aromatic hydroxyl groups is 1. The number of rotatable bonds is 4. The van der Waals surface area contributed by atoms with Gasteiger partial charge in [0.15, 0.2) is 5.75 Å². The molecule has 0 saturated heterocycles. The van der Waals surface area contributed by atoms with Crippen LogP contribution in [-0.4, -0.2) is 31.7 Å². The molecule has 1 N–H and O–H groups in total. The summed E-state index contributed by atoms with van der Waals surface area (Å²) in [5, 5.41) is 31.9. The van der Waals surface area contributed by atoms with Gasteiger partial charge < -0.3 is 5.11 Å². The van der Waals surface area contributed by atoms with Gasteiger partial charge in [0.1, 0.15) is 0 Å². The van der Waals surface area contributed by atoms with Gasteiger partial charge in [0.2, 0.25) is 0 Å². The predicted octanol–water partition coefficient (Wildman–Crippen LogP) is 2.00. The lowest BCUT2D eigenvalue weighted by Gasteiger charge is -2.14. The molecule has 0 bridgehead atoms. The number of nitro benzene ring substituents is 2. The van der Waals surface area contributed by atoms with Crippen LogP contribution in [0.15, 0.2) is 36.4 Å². The summed E-state index contributed by atoms with van der Waals surface area (Å²) in [4.78, 5) is 45.5. The lowest BCUT2D eigenvalue weighted by molar-refractivity contribution is -0.394. The molecule has 0 radical (unpaired) electrons. The van der Waals surface area contributed by atoms with Crippen LogP contribution in [0.4, 0.5) is 11.4 Å². The fourth-order valence-electron chi connectivity index (χ4n) is 2.58. The quantitative estimate of drug-likeness (QED) is 0.508. The van der Waals surface area contributed by atoms with E-state index >= 15 is 0 Å². The molecular formula is C15H9N3O7. The third-order valence-corrected chi connectivity index (χ3v) is 3.77. The van der Waals surface area contributed by atoms with Gasteiger partial charge in [0, 0.05) is 11.6 Å². The topological polar surface area (TPSA) is 144 Å². The van der Waals surface area contributed by atoms with Gasteiger partial charge in [-0.1, -0.05) is 12.1 Å². The van der Waals surface area contributed by atoms with Crippen molar-refractivity contribution < 1.29 is 24.5 Å². The molecule has 1 aliphatic rings. The molecule has 0 fully saturated rings. The fourth-order valence-corrected chi connectivity index (χ4v) is 2.58. The van der Waals surface area contributed by atoms with Crippen LogP contribution in [0, 0.1) is 20.2 Å². The van der Waals surface area contributed by atoms with E-state index in [1.807, 2.05) is 0 Å². The molecule has 2 aromatic carbocycles. The average Bonchev–Trinajstić information content (AvgIpc) is 2.81. The molecule has 0 atom stereocenters. The normalized spacial score (nSPS) is 13.0. The fraction of sp³-hybridized carbons (Fsp3) is 0.0667. The van der Waals surface area contributed by atoms with Crippen LogP contribution in [0.5, 0.6) is 5.75 Å². The first-order valence-electron chi connectivity index (χ1n) is 6.91. The molecular weight excluding hydrogens is 334 g/mol. The van der Waals surface area contributed by atoms with Gasteiger partial charge in [-0.05, 0) is 12.1 Å². The Morgan fingerprint density at radius 2 is 1.52 bits per heavy atom. The molecule has 1 heterocycles. The zero-order valence-corrected chi connectivity index (χ0v) is 12.4. The van der Waals surface area contributed by atoms with Crippen molar-refractivity contribution in [3.63, 3.8) is 0 Å². The molecule has 0 spiro atoms. The van der Waals surface area contributed by atoms with Gasteiger partial charge in [-0.25, -0.2) is 0 Å². The first-order chi connectivity index (χ1) is 11.8. The van der Waals surface area contributed by atoms with Crippen LogP contribution in [0.1, 0.15) is 26.3 Å². The summed E-state index contributed by atoms with van der Waals surface area (Å²) in [7, 11) is 0. The minimum atomic E-state index is -0.978. The smallest absolute Gasteiger partial charge is 0.317 e. The molecule has 0 aliphatic carbocycles. The third kappa shape index (κ3) is 2.55. The highest BCUT2D eigenvalue weighted by Gasteiger charge is 2.36. The SMILES string of the molecule is O=C1c2ccccc2C(=O)N1Cc1cc([N+](=O)[O-])cc([N+](=O)[O-])c1O. The number of imide groups is 1. The second kappa shape index (κ2) is 5.67. The Bertz CT molecular complexity index is 919. The van der Waals surface area contributed by atoms with E-state index in [0.29, 0.717) is 6.07 Å². The van der Waals surface area contributed by atoms with Crippen LogP contribution >= 0.6 is 0 Å². The van der Waals surface area contributed by atoms with E-state index < -0.39 is 45.3 Å². The Hall–Kier alpha value is -3.82. The van der Waals surface area contributed by atoms with Crippen molar-refractivity contribution >= 4 is 23.2 Å². The molecule has 25 heavy (non-hydrogen) atoms. The first kappa shape index (κ1) is 16.1. The number of amides is 2. The largest absolute Gasteiger partial charge is 0.502 e. The number of hydrogen-bond donors (Lipinski definition) is 1. The Kier molecular flexibility index (Phi) is 3.64. The lowest BCUT2D eigenvalue weighted by atomic mass is 10.1. The van der Waals surface area contributed by atoms with E-state index in [0.717, 1.165) is 11.0 Å². The number of benzene rings is 2. The maximum atomic E-state index is 12.3. The molecule has 2 aromatic rings. The number of carbonyl (C=O) groups is 2. The number of phenols is 1. The molecule has 0 saturated carbocycles. The zero-order valence-electron chi connectivity index (χ0n) is 12.4. The number of non-ortho nitro benzene ring substituents is 1. The average molecular weight is 343 g/mol. The lowest BCUT2D eigenvalue weighted by Crippen LogP contribution is -2.29. The highest BCUT2D eigenvalue weighted by Crippen LogP contribution is 2.36. The van der Waals surface area contributed by atoms with Crippen molar-refractivity contribution in [1.29, 1.82) is 0 Å². The standard InChI is InChI=1S/C15H9N3O7/c19-13-8(5-9(17(22)23)6-12(13)18(24)25)7-16-14(20)10-3-1-2-4-11(10)15(16)21/h1-6,19H,7H2. The van der Waals surface area contributed by atoms with E-state index in [9.17, 15) is 34.9 Å². The second-order valence-corrected chi connectivity index (χ2v) is 5.23. The number of hydrogen-bond acceptors (Lipinski definition) is 7. The molecule has 0 aromatic heterocycles. The minimum absolute atomic E-state index is 0.159.